The van der Waals surface area contributed by atoms with Crippen molar-refractivity contribution < 1.29 is 13.2 Å². The Kier molecular flexibility index (Phi) is 4.22. The van der Waals surface area contributed by atoms with E-state index in [1.165, 1.54) is 6.07 Å². The molecule has 3 nitrogen and oxygen atoms in total. The number of rotatable bonds is 4. The highest BCUT2D eigenvalue weighted by Crippen LogP contribution is 2.32. The molecule has 0 bridgehead atoms. The van der Waals surface area contributed by atoms with Gasteiger partial charge in [0.15, 0.2) is 0 Å². The van der Waals surface area contributed by atoms with Crippen LogP contribution in [0.4, 0.5) is 24.5 Å². The topological polar surface area (TPSA) is 41.3 Å². The Bertz CT molecular complexity index is 375. The predicted octanol–water partition coefficient (Wildman–Crippen LogP) is 2.26. The molecule has 0 aromatic heterocycles. The minimum atomic E-state index is -4.35. The van der Waals surface area contributed by atoms with Crippen molar-refractivity contribution in [2.24, 2.45) is 0 Å². The zero-order chi connectivity index (χ0) is 13.1. The lowest BCUT2D eigenvalue weighted by molar-refractivity contribution is -0.137. The van der Waals surface area contributed by atoms with Crippen LogP contribution in [0.3, 0.4) is 0 Å². The second-order valence-corrected chi connectivity index (χ2v) is 4.03. The average Bonchev–Trinajstić information content (AvgIpc) is 2.18. The van der Waals surface area contributed by atoms with Crippen LogP contribution in [0.25, 0.3) is 0 Å². The number of benzene rings is 1. The summed E-state index contributed by atoms with van der Waals surface area (Å²) in [6, 6.07) is 3.32. The van der Waals surface area contributed by atoms with Crippen molar-refractivity contribution in [1.29, 1.82) is 0 Å². The van der Waals surface area contributed by atoms with Gasteiger partial charge in [-0.1, -0.05) is 0 Å². The Hall–Kier alpha value is -1.43. The maximum absolute atomic E-state index is 12.4. The molecule has 0 aliphatic rings. The van der Waals surface area contributed by atoms with Crippen LogP contribution < -0.4 is 11.1 Å². The fraction of sp³-hybridized carbons (Fsp3) is 0.455. The van der Waals surface area contributed by atoms with Crippen LogP contribution in [0.15, 0.2) is 18.2 Å². The van der Waals surface area contributed by atoms with Gasteiger partial charge in [-0.15, -0.1) is 0 Å². The highest BCUT2D eigenvalue weighted by molar-refractivity contribution is 5.67. The van der Waals surface area contributed by atoms with E-state index in [0.717, 1.165) is 18.7 Å². The summed E-state index contributed by atoms with van der Waals surface area (Å²) in [5.41, 5.74) is 5.47. The minimum absolute atomic E-state index is 0.110. The summed E-state index contributed by atoms with van der Waals surface area (Å²) in [4.78, 5) is 1.97. The van der Waals surface area contributed by atoms with E-state index >= 15 is 0 Å². The molecule has 0 unspecified atom stereocenters. The standard InChI is InChI=1S/C11H16F3N3/c1-17(2)6-5-16-10-4-3-8(7-9(10)15)11(12,13)14/h3-4,7,16H,5-6,15H2,1-2H3. The highest BCUT2D eigenvalue weighted by Gasteiger charge is 2.30. The molecule has 1 aromatic carbocycles. The molecule has 0 atom stereocenters. The number of halogens is 3. The van der Waals surface area contributed by atoms with Gasteiger partial charge in [-0.05, 0) is 32.3 Å². The van der Waals surface area contributed by atoms with E-state index in [1.807, 2.05) is 19.0 Å². The normalized spacial score (nSPS) is 11.9. The first-order valence-corrected chi connectivity index (χ1v) is 5.16. The van der Waals surface area contributed by atoms with Crippen molar-refractivity contribution in [2.45, 2.75) is 6.18 Å². The summed E-state index contributed by atoms with van der Waals surface area (Å²) < 4.78 is 37.1. The Morgan fingerprint density at radius 1 is 1.29 bits per heavy atom. The predicted molar refractivity (Wildman–Crippen MR) is 62.9 cm³/mol. The van der Waals surface area contributed by atoms with E-state index in [4.69, 9.17) is 5.73 Å². The maximum Gasteiger partial charge on any atom is 0.416 e. The molecule has 0 saturated heterocycles. The van der Waals surface area contributed by atoms with Gasteiger partial charge in [-0.3, -0.25) is 0 Å². The van der Waals surface area contributed by atoms with Gasteiger partial charge in [0, 0.05) is 13.1 Å². The number of nitrogens with one attached hydrogen (secondary N) is 1. The molecule has 6 heteroatoms. The number of nitrogens with two attached hydrogens (primary N) is 1. The van der Waals surface area contributed by atoms with Crippen molar-refractivity contribution in [3.05, 3.63) is 23.8 Å². The van der Waals surface area contributed by atoms with Gasteiger partial charge in [-0.2, -0.15) is 13.2 Å². The number of nitrogens with zero attached hydrogens (tertiary/aromatic N) is 1. The van der Waals surface area contributed by atoms with E-state index in [-0.39, 0.29) is 5.69 Å². The number of hydrogen-bond donors (Lipinski definition) is 2. The van der Waals surface area contributed by atoms with Gasteiger partial charge >= 0.3 is 6.18 Å². The van der Waals surface area contributed by atoms with Crippen molar-refractivity contribution in [1.82, 2.24) is 4.90 Å². The molecule has 0 aliphatic carbocycles. The fourth-order valence-electron chi connectivity index (χ4n) is 1.31. The molecular formula is C11H16F3N3. The molecule has 0 saturated carbocycles. The van der Waals surface area contributed by atoms with E-state index in [1.54, 1.807) is 0 Å². The van der Waals surface area contributed by atoms with Crippen LogP contribution >= 0.6 is 0 Å². The average molecular weight is 247 g/mol. The zero-order valence-corrected chi connectivity index (χ0v) is 9.80. The van der Waals surface area contributed by atoms with Gasteiger partial charge in [0.25, 0.3) is 0 Å². The van der Waals surface area contributed by atoms with Crippen LogP contribution in [0.5, 0.6) is 0 Å². The lowest BCUT2D eigenvalue weighted by Gasteiger charge is -2.14. The molecule has 0 aliphatic heterocycles. The molecule has 1 aromatic rings. The SMILES string of the molecule is CN(C)CCNc1ccc(C(F)(F)F)cc1N. The molecule has 96 valence electrons. The second-order valence-electron chi connectivity index (χ2n) is 4.03. The van der Waals surface area contributed by atoms with Crippen molar-refractivity contribution >= 4 is 11.4 Å². The second kappa shape index (κ2) is 5.27. The first kappa shape index (κ1) is 13.6. The summed E-state index contributed by atoms with van der Waals surface area (Å²) >= 11 is 0. The van der Waals surface area contributed by atoms with E-state index in [0.29, 0.717) is 12.2 Å². The smallest absolute Gasteiger partial charge is 0.397 e. The van der Waals surface area contributed by atoms with Crippen LogP contribution in [0.2, 0.25) is 0 Å². The molecule has 0 fully saturated rings. The van der Waals surface area contributed by atoms with E-state index in [2.05, 4.69) is 5.32 Å². The van der Waals surface area contributed by atoms with Crippen LogP contribution in [-0.2, 0) is 6.18 Å². The monoisotopic (exact) mass is 247 g/mol. The molecule has 0 spiro atoms. The summed E-state index contributed by atoms with van der Waals surface area (Å²) in [5.74, 6) is 0. The van der Waals surface area contributed by atoms with E-state index in [9.17, 15) is 13.2 Å². The van der Waals surface area contributed by atoms with Crippen molar-refractivity contribution in [2.75, 3.05) is 38.2 Å². The Labute approximate surface area is 98.4 Å². The molecule has 0 heterocycles. The summed E-state index contributed by atoms with van der Waals surface area (Å²) in [7, 11) is 3.83. The zero-order valence-electron chi connectivity index (χ0n) is 9.80. The Balaban J connectivity index is 2.70. The van der Waals surface area contributed by atoms with Crippen molar-refractivity contribution in [3.8, 4) is 0 Å². The lowest BCUT2D eigenvalue weighted by atomic mass is 10.1. The molecule has 0 radical (unpaired) electrons. The van der Waals surface area contributed by atoms with Gasteiger partial charge in [0.05, 0.1) is 16.9 Å². The molecular weight excluding hydrogens is 231 g/mol. The Morgan fingerprint density at radius 2 is 1.94 bits per heavy atom. The minimum Gasteiger partial charge on any atom is -0.397 e. The van der Waals surface area contributed by atoms with Gasteiger partial charge in [0.1, 0.15) is 0 Å². The number of nitrogen functional groups attached to an aromatic ring is 1. The molecule has 3 N–H and O–H groups in total. The fourth-order valence-corrected chi connectivity index (χ4v) is 1.31. The summed E-state index contributed by atoms with van der Waals surface area (Å²) in [6.45, 7) is 1.41. The van der Waals surface area contributed by atoms with Crippen LogP contribution in [0.1, 0.15) is 5.56 Å². The third-order valence-electron chi connectivity index (χ3n) is 2.25. The number of likely N-dealkylation sites (N-methyl/N-ethyl adjacent to an activating group) is 1. The lowest BCUT2D eigenvalue weighted by Crippen LogP contribution is -2.21. The largest absolute Gasteiger partial charge is 0.416 e. The quantitative estimate of drug-likeness (QED) is 0.802. The maximum atomic E-state index is 12.4. The van der Waals surface area contributed by atoms with Crippen molar-refractivity contribution in [3.63, 3.8) is 0 Å². The van der Waals surface area contributed by atoms with Gasteiger partial charge in [-0.25, -0.2) is 0 Å². The first-order valence-electron chi connectivity index (χ1n) is 5.16. The third-order valence-corrected chi connectivity index (χ3v) is 2.25. The molecule has 17 heavy (non-hydrogen) atoms. The molecule has 1 rings (SSSR count). The number of hydrogen-bond acceptors (Lipinski definition) is 3. The number of alkyl halides is 3. The van der Waals surface area contributed by atoms with E-state index < -0.39 is 11.7 Å². The Morgan fingerprint density at radius 3 is 2.41 bits per heavy atom. The summed E-state index contributed by atoms with van der Waals surface area (Å²) in [6.07, 6.45) is -4.35. The first-order chi connectivity index (χ1) is 7.80. The summed E-state index contributed by atoms with van der Waals surface area (Å²) in [5, 5.41) is 2.99. The number of anilines is 2. The van der Waals surface area contributed by atoms with Crippen LogP contribution in [-0.4, -0.2) is 32.1 Å². The highest BCUT2D eigenvalue weighted by atomic mass is 19.4. The van der Waals surface area contributed by atoms with Gasteiger partial charge in [0.2, 0.25) is 0 Å². The molecule has 0 amide bonds. The van der Waals surface area contributed by atoms with Crippen LogP contribution in [0, 0.1) is 0 Å². The van der Waals surface area contributed by atoms with Gasteiger partial charge < -0.3 is 16.0 Å². The third kappa shape index (κ3) is 4.14.